The van der Waals surface area contributed by atoms with E-state index in [1.165, 1.54) is 32.1 Å². The van der Waals surface area contributed by atoms with Gasteiger partial charge in [0.05, 0.1) is 12.2 Å². The molecule has 0 aromatic carbocycles. The highest BCUT2D eigenvalue weighted by Crippen LogP contribution is 2.77. The summed E-state index contributed by atoms with van der Waals surface area (Å²) in [6, 6.07) is 0. The Morgan fingerprint density at radius 1 is 0.595 bits per heavy atom. The molecule has 0 heterocycles. The number of carbonyl (C=O) groups excluding carboxylic acids is 2. The molecule has 8 saturated carbocycles. The highest BCUT2D eigenvalue weighted by molar-refractivity contribution is 5.82. The zero-order valence-corrected chi connectivity index (χ0v) is 27.0. The molecular formula is C38H58O4. The van der Waals surface area contributed by atoms with E-state index in [0.717, 1.165) is 64.2 Å². The van der Waals surface area contributed by atoms with Gasteiger partial charge in [0, 0.05) is 25.7 Å². The standard InChI is InChI=1S/C38H58O4/c1-34-15-13-29-26(28(34)8-10-32(34)41)12-18-38(21-23(39)11-17-36(29,38)3)31-20-24(40)19-22-5-6-25-27-7-9-33(42)35(27,2)16-14-30(25)37(22,31)4/h22,25-33,41-42H,5-21H2,1-4H3/t22?,25-,26-,27-,28-,29-,30-,31?,32-,33-,34-,35-,36+,37-,38-/m0/s1. The second-order valence-electron chi connectivity index (χ2n) is 18.5. The molecule has 8 aliphatic rings. The number of Topliss-reactive ketones (excluding diaryl/α,β-unsaturated/α-hetero) is 2. The molecule has 8 aliphatic carbocycles. The maximum atomic E-state index is 13.8. The molecule has 15 atom stereocenters. The summed E-state index contributed by atoms with van der Waals surface area (Å²) < 4.78 is 0. The largest absolute Gasteiger partial charge is 0.393 e. The molecule has 2 unspecified atom stereocenters. The Kier molecular flexibility index (Phi) is 6.27. The van der Waals surface area contributed by atoms with Crippen LogP contribution in [0.25, 0.3) is 0 Å². The van der Waals surface area contributed by atoms with Crippen LogP contribution in [-0.4, -0.2) is 34.0 Å². The summed E-state index contributed by atoms with van der Waals surface area (Å²) in [5.74, 6) is 5.46. The van der Waals surface area contributed by atoms with Crippen molar-refractivity contribution >= 4 is 11.6 Å². The first-order valence-electron chi connectivity index (χ1n) is 18.3. The number of hydrogen-bond donors (Lipinski definition) is 2. The Morgan fingerprint density at radius 3 is 1.88 bits per heavy atom. The highest BCUT2D eigenvalue weighted by atomic mass is 16.3. The highest BCUT2D eigenvalue weighted by Gasteiger charge is 2.72. The molecular weight excluding hydrogens is 520 g/mol. The number of aliphatic hydroxyl groups is 2. The Balaban J connectivity index is 1.22. The minimum atomic E-state index is -0.156. The Labute approximate surface area is 254 Å². The van der Waals surface area contributed by atoms with Crippen LogP contribution in [0, 0.1) is 74.4 Å². The Hall–Kier alpha value is -0.740. The van der Waals surface area contributed by atoms with Crippen molar-refractivity contribution in [3.05, 3.63) is 0 Å². The summed E-state index contributed by atoms with van der Waals surface area (Å²) >= 11 is 0. The molecule has 0 bridgehead atoms. The van der Waals surface area contributed by atoms with E-state index in [0.29, 0.717) is 71.8 Å². The van der Waals surface area contributed by atoms with Crippen LogP contribution in [0.1, 0.15) is 137 Å². The van der Waals surface area contributed by atoms with Gasteiger partial charge in [-0.15, -0.1) is 0 Å². The number of rotatable bonds is 1. The number of fused-ring (bicyclic) bond motifs is 10. The lowest BCUT2D eigenvalue weighted by molar-refractivity contribution is -0.237. The third-order valence-electron chi connectivity index (χ3n) is 17.9. The molecule has 0 amide bonds. The van der Waals surface area contributed by atoms with Crippen LogP contribution in [0.4, 0.5) is 0 Å². The van der Waals surface area contributed by atoms with Gasteiger partial charge in [0.15, 0.2) is 0 Å². The second-order valence-corrected chi connectivity index (χ2v) is 18.5. The average Bonchev–Trinajstić information content (AvgIpc) is 3.43. The number of ketones is 2. The topological polar surface area (TPSA) is 74.6 Å². The summed E-state index contributed by atoms with van der Waals surface area (Å²) in [4.78, 5) is 27.4. The molecule has 0 aliphatic heterocycles. The Morgan fingerprint density at radius 2 is 1.21 bits per heavy atom. The van der Waals surface area contributed by atoms with Gasteiger partial charge in [0.25, 0.3) is 0 Å². The van der Waals surface area contributed by atoms with E-state index in [2.05, 4.69) is 27.7 Å². The lowest BCUT2D eigenvalue weighted by Crippen LogP contribution is -2.67. The molecule has 0 saturated heterocycles. The fraction of sp³-hybridized carbons (Fsp3) is 0.947. The fourth-order valence-corrected chi connectivity index (χ4v) is 15.7. The smallest absolute Gasteiger partial charge is 0.133 e. The Bertz CT molecular complexity index is 1160. The van der Waals surface area contributed by atoms with Crippen LogP contribution in [0.5, 0.6) is 0 Å². The number of hydrogen-bond acceptors (Lipinski definition) is 4. The third kappa shape index (κ3) is 3.39. The van der Waals surface area contributed by atoms with Gasteiger partial charge in [-0.25, -0.2) is 0 Å². The molecule has 42 heavy (non-hydrogen) atoms. The molecule has 4 nitrogen and oxygen atoms in total. The molecule has 8 rings (SSSR count). The van der Waals surface area contributed by atoms with Gasteiger partial charge in [-0.05, 0) is 158 Å². The van der Waals surface area contributed by atoms with Gasteiger partial charge in [-0.2, -0.15) is 0 Å². The van der Waals surface area contributed by atoms with Crippen LogP contribution in [0.15, 0.2) is 0 Å². The van der Waals surface area contributed by atoms with Crippen LogP contribution in [0.2, 0.25) is 0 Å². The summed E-state index contributed by atoms with van der Waals surface area (Å²) in [5.41, 5.74) is 0.251. The van der Waals surface area contributed by atoms with E-state index in [9.17, 15) is 19.8 Å². The first-order valence-corrected chi connectivity index (χ1v) is 18.3. The minimum absolute atomic E-state index is 0.0661. The van der Waals surface area contributed by atoms with Crippen molar-refractivity contribution in [3.63, 3.8) is 0 Å². The molecule has 0 radical (unpaired) electrons. The number of carbonyl (C=O) groups is 2. The van der Waals surface area contributed by atoms with Crippen molar-refractivity contribution < 1.29 is 19.8 Å². The van der Waals surface area contributed by atoms with E-state index in [1.54, 1.807) is 0 Å². The van der Waals surface area contributed by atoms with Crippen LogP contribution >= 0.6 is 0 Å². The third-order valence-corrected chi connectivity index (χ3v) is 17.9. The zero-order valence-electron chi connectivity index (χ0n) is 27.0. The fourth-order valence-electron chi connectivity index (χ4n) is 15.7. The second kappa shape index (κ2) is 9.17. The van der Waals surface area contributed by atoms with E-state index in [-0.39, 0.29) is 39.3 Å². The normalized spacial score (nSPS) is 60.5. The maximum absolute atomic E-state index is 13.8. The summed E-state index contributed by atoms with van der Waals surface area (Å²) in [5, 5.41) is 22.2. The van der Waals surface area contributed by atoms with Crippen LogP contribution < -0.4 is 0 Å². The molecule has 0 spiro atoms. The van der Waals surface area contributed by atoms with Crippen molar-refractivity contribution in [2.24, 2.45) is 74.4 Å². The monoisotopic (exact) mass is 578 g/mol. The van der Waals surface area contributed by atoms with E-state index in [4.69, 9.17) is 0 Å². The molecule has 0 aromatic heterocycles. The molecule has 8 fully saturated rings. The van der Waals surface area contributed by atoms with Crippen LogP contribution in [0.3, 0.4) is 0 Å². The van der Waals surface area contributed by atoms with E-state index >= 15 is 0 Å². The summed E-state index contributed by atoms with van der Waals surface area (Å²) in [7, 11) is 0. The van der Waals surface area contributed by atoms with Crippen molar-refractivity contribution in [3.8, 4) is 0 Å². The first kappa shape index (κ1) is 28.7. The summed E-state index contributed by atoms with van der Waals surface area (Å²) in [6.07, 6.45) is 17.1. The quantitative estimate of drug-likeness (QED) is 0.337. The van der Waals surface area contributed by atoms with Crippen molar-refractivity contribution in [2.45, 2.75) is 149 Å². The molecule has 0 aromatic rings. The molecule has 234 valence electrons. The lowest BCUT2D eigenvalue weighted by Gasteiger charge is -2.72. The van der Waals surface area contributed by atoms with Gasteiger partial charge in [0.1, 0.15) is 11.6 Å². The van der Waals surface area contributed by atoms with Crippen LogP contribution in [-0.2, 0) is 9.59 Å². The van der Waals surface area contributed by atoms with E-state index < -0.39 is 0 Å². The van der Waals surface area contributed by atoms with Crippen molar-refractivity contribution in [1.82, 2.24) is 0 Å². The van der Waals surface area contributed by atoms with Gasteiger partial charge >= 0.3 is 0 Å². The predicted octanol–water partition coefficient (Wildman–Crippen LogP) is 7.53. The molecule has 4 heteroatoms. The minimum Gasteiger partial charge on any atom is -0.393 e. The first-order chi connectivity index (χ1) is 19.9. The zero-order chi connectivity index (χ0) is 29.4. The van der Waals surface area contributed by atoms with Gasteiger partial charge in [0.2, 0.25) is 0 Å². The van der Waals surface area contributed by atoms with Gasteiger partial charge in [-0.3, -0.25) is 9.59 Å². The van der Waals surface area contributed by atoms with E-state index in [1.807, 2.05) is 0 Å². The SMILES string of the molecule is C[C@]12C(CC[C@@H]3[C@@H]1CC[C@]1(C)[C@@H](O)CC[C@@H]31)CC(=O)CC2[C@@]12CC[C@H]3[C@@H]4CC[C@H](O)[C@@]4(C)CC[C@@H]3[C@@]1(C)CCC(=O)C2. The number of aliphatic hydroxyl groups excluding tert-OH is 2. The predicted molar refractivity (Wildman–Crippen MR) is 163 cm³/mol. The van der Waals surface area contributed by atoms with Crippen molar-refractivity contribution in [2.75, 3.05) is 0 Å². The average molecular weight is 579 g/mol. The van der Waals surface area contributed by atoms with Gasteiger partial charge < -0.3 is 10.2 Å². The lowest BCUT2D eigenvalue weighted by atomic mass is 9.32. The maximum Gasteiger partial charge on any atom is 0.133 e. The van der Waals surface area contributed by atoms with Crippen molar-refractivity contribution in [1.29, 1.82) is 0 Å². The molecule has 2 N–H and O–H groups in total. The van der Waals surface area contributed by atoms with Gasteiger partial charge in [-0.1, -0.05) is 27.7 Å². The summed E-state index contributed by atoms with van der Waals surface area (Å²) in [6.45, 7) is 10.00.